The van der Waals surface area contributed by atoms with E-state index in [0.29, 0.717) is 24.2 Å². The Balaban J connectivity index is 1.72. The van der Waals surface area contributed by atoms with E-state index >= 15 is 0 Å². The van der Waals surface area contributed by atoms with Gasteiger partial charge in [-0.2, -0.15) is 4.31 Å². The summed E-state index contributed by atoms with van der Waals surface area (Å²) in [5.74, 6) is -0.269. The Kier molecular flexibility index (Phi) is 5.43. The molecule has 0 N–H and O–H groups in total. The molecular formula is C20H22N2O4S. The van der Waals surface area contributed by atoms with Crippen molar-refractivity contribution in [1.82, 2.24) is 9.21 Å². The molecule has 1 amide bonds. The number of nitrogens with zero attached hydrogens (tertiary/aromatic N) is 2. The first kappa shape index (κ1) is 19.3. The van der Waals surface area contributed by atoms with Crippen LogP contribution in [-0.4, -0.2) is 55.5 Å². The fourth-order valence-corrected chi connectivity index (χ4v) is 4.59. The zero-order valence-electron chi connectivity index (χ0n) is 15.4. The first-order valence-electron chi connectivity index (χ1n) is 8.76. The van der Waals surface area contributed by atoms with Crippen molar-refractivity contribution in [2.75, 3.05) is 26.2 Å². The predicted molar refractivity (Wildman–Crippen MR) is 102 cm³/mol. The van der Waals surface area contributed by atoms with Crippen LogP contribution in [0.3, 0.4) is 0 Å². The van der Waals surface area contributed by atoms with Gasteiger partial charge in [-0.15, -0.1) is 0 Å². The molecular weight excluding hydrogens is 364 g/mol. The second-order valence-corrected chi connectivity index (χ2v) is 8.59. The van der Waals surface area contributed by atoms with Crippen LogP contribution in [0.5, 0.6) is 0 Å². The standard InChI is InChI=1S/C20H22N2O4S/c1-15-5-3-7-18(13-15)20(24)21-9-11-22(12-10-21)27(25,26)19-8-4-6-17(14-19)16(2)23/h3-8,13-14H,9-12H2,1-2H3. The molecule has 1 aliphatic rings. The molecule has 1 heterocycles. The van der Waals surface area contributed by atoms with E-state index in [9.17, 15) is 18.0 Å². The largest absolute Gasteiger partial charge is 0.336 e. The summed E-state index contributed by atoms with van der Waals surface area (Å²) in [7, 11) is -3.70. The lowest BCUT2D eigenvalue weighted by Crippen LogP contribution is -2.50. The van der Waals surface area contributed by atoms with Crippen molar-refractivity contribution >= 4 is 21.7 Å². The Hall–Kier alpha value is -2.51. The average Bonchev–Trinajstić information content (AvgIpc) is 2.67. The number of ketones is 1. The fourth-order valence-electron chi connectivity index (χ4n) is 3.12. The van der Waals surface area contributed by atoms with Crippen LogP contribution in [0.25, 0.3) is 0 Å². The smallest absolute Gasteiger partial charge is 0.253 e. The molecule has 0 aromatic heterocycles. The van der Waals surface area contributed by atoms with Gasteiger partial charge in [-0.3, -0.25) is 9.59 Å². The fraction of sp³-hybridized carbons (Fsp3) is 0.300. The lowest BCUT2D eigenvalue weighted by molar-refractivity contribution is 0.0697. The summed E-state index contributed by atoms with van der Waals surface area (Å²) in [5.41, 5.74) is 1.98. The van der Waals surface area contributed by atoms with E-state index < -0.39 is 10.0 Å². The van der Waals surface area contributed by atoms with Crippen molar-refractivity contribution in [2.45, 2.75) is 18.7 Å². The molecule has 0 unspecified atom stereocenters. The molecule has 2 aromatic rings. The van der Waals surface area contributed by atoms with Crippen LogP contribution in [0.2, 0.25) is 0 Å². The lowest BCUT2D eigenvalue weighted by Gasteiger charge is -2.34. The predicted octanol–water partition coefficient (Wildman–Crippen LogP) is 2.34. The van der Waals surface area contributed by atoms with E-state index in [4.69, 9.17) is 0 Å². The summed E-state index contributed by atoms with van der Waals surface area (Å²) in [6.07, 6.45) is 0. The average molecular weight is 386 g/mol. The zero-order valence-corrected chi connectivity index (χ0v) is 16.2. The lowest BCUT2D eigenvalue weighted by atomic mass is 10.1. The number of sulfonamides is 1. The number of hydrogen-bond donors (Lipinski definition) is 0. The van der Waals surface area contributed by atoms with Gasteiger partial charge in [0.05, 0.1) is 4.90 Å². The van der Waals surface area contributed by atoms with Gasteiger partial charge < -0.3 is 4.90 Å². The summed E-state index contributed by atoms with van der Waals surface area (Å²) >= 11 is 0. The third-order valence-electron chi connectivity index (χ3n) is 4.67. The number of aryl methyl sites for hydroxylation is 1. The van der Waals surface area contributed by atoms with E-state index in [0.717, 1.165) is 5.56 Å². The van der Waals surface area contributed by atoms with E-state index in [1.807, 2.05) is 25.1 Å². The van der Waals surface area contributed by atoms with Crippen LogP contribution >= 0.6 is 0 Å². The summed E-state index contributed by atoms with van der Waals surface area (Å²) in [4.78, 5) is 25.9. The molecule has 1 aliphatic heterocycles. The quantitative estimate of drug-likeness (QED) is 0.756. The molecule has 3 rings (SSSR count). The van der Waals surface area contributed by atoms with Gasteiger partial charge in [0.25, 0.3) is 5.91 Å². The van der Waals surface area contributed by atoms with Crippen LogP contribution < -0.4 is 0 Å². The van der Waals surface area contributed by atoms with E-state index in [2.05, 4.69) is 0 Å². The maximum atomic E-state index is 12.9. The summed E-state index contributed by atoms with van der Waals surface area (Å²) in [5, 5.41) is 0. The molecule has 1 fully saturated rings. The molecule has 0 bridgehead atoms. The first-order valence-corrected chi connectivity index (χ1v) is 10.2. The molecule has 0 aliphatic carbocycles. The zero-order chi connectivity index (χ0) is 19.6. The van der Waals surface area contributed by atoms with Crippen LogP contribution in [0.4, 0.5) is 0 Å². The first-order chi connectivity index (χ1) is 12.8. The topological polar surface area (TPSA) is 74.8 Å². The Morgan fingerprint density at radius 2 is 1.52 bits per heavy atom. The van der Waals surface area contributed by atoms with Crippen LogP contribution in [0, 0.1) is 6.92 Å². The van der Waals surface area contributed by atoms with Crippen molar-refractivity contribution in [3.8, 4) is 0 Å². The number of benzene rings is 2. The summed E-state index contributed by atoms with van der Waals surface area (Å²) in [6, 6.07) is 13.4. The third kappa shape index (κ3) is 4.09. The minimum Gasteiger partial charge on any atom is -0.336 e. The number of Topliss-reactive ketones (excluding diaryl/α,β-unsaturated/α-hetero) is 1. The second-order valence-electron chi connectivity index (χ2n) is 6.65. The highest BCUT2D eigenvalue weighted by Gasteiger charge is 2.30. The number of carbonyl (C=O) groups is 2. The van der Waals surface area contributed by atoms with E-state index in [-0.39, 0.29) is 29.7 Å². The minimum atomic E-state index is -3.70. The molecule has 1 saturated heterocycles. The van der Waals surface area contributed by atoms with E-state index in [1.165, 1.54) is 23.4 Å². The molecule has 0 atom stereocenters. The maximum Gasteiger partial charge on any atom is 0.253 e. The molecule has 142 valence electrons. The second kappa shape index (κ2) is 7.62. The molecule has 0 radical (unpaired) electrons. The Morgan fingerprint density at radius 3 is 2.15 bits per heavy atom. The van der Waals surface area contributed by atoms with Crippen LogP contribution in [-0.2, 0) is 10.0 Å². The van der Waals surface area contributed by atoms with Crippen molar-refractivity contribution in [3.63, 3.8) is 0 Å². The van der Waals surface area contributed by atoms with Crippen molar-refractivity contribution < 1.29 is 18.0 Å². The van der Waals surface area contributed by atoms with Gasteiger partial charge >= 0.3 is 0 Å². The van der Waals surface area contributed by atoms with Crippen molar-refractivity contribution in [3.05, 3.63) is 65.2 Å². The van der Waals surface area contributed by atoms with Gasteiger partial charge in [-0.05, 0) is 38.1 Å². The number of carbonyl (C=O) groups excluding carboxylic acids is 2. The van der Waals surface area contributed by atoms with Gasteiger partial charge in [0, 0.05) is 37.3 Å². The molecule has 7 heteroatoms. The number of hydrogen-bond acceptors (Lipinski definition) is 4. The van der Waals surface area contributed by atoms with Gasteiger partial charge in [0.1, 0.15) is 0 Å². The van der Waals surface area contributed by atoms with Crippen molar-refractivity contribution in [1.29, 1.82) is 0 Å². The van der Waals surface area contributed by atoms with Crippen LogP contribution in [0.15, 0.2) is 53.4 Å². The number of amides is 1. The molecule has 0 spiro atoms. The Bertz CT molecular complexity index is 977. The summed E-state index contributed by atoms with van der Waals surface area (Å²) < 4.78 is 27.1. The monoisotopic (exact) mass is 386 g/mol. The molecule has 2 aromatic carbocycles. The summed E-state index contributed by atoms with van der Waals surface area (Å²) in [6.45, 7) is 4.45. The van der Waals surface area contributed by atoms with Gasteiger partial charge in [0.2, 0.25) is 10.0 Å². The molecule has 27 heavy (non-hydrogen) atoms. The Morgan fingerprint density at radius 1 is 0.889 bits per heavy atom. The SMILES string of the molecule is CC(=O)c1cccc(S(=O)(=O)N2CCN(C(=O)c3cccc(C)c3)CC2)c1. The number of rotatable bonds is 4. The maximum absolute atomic E-state index is 12.9. The minimum absolute atomic E-state index is 0.0886. The molecule has 6 nitrogen and oxygen atoms in total. The third-order valence-corrected chi connectivity index (χ3v) is 6.56. The van der Waals surface area contributed by atoms with Gasteiger partial charge in [-0.25, -0.2) is 8.42 Å². The molecule has 0 saturated carbocycles. The highest BCUT2D eigenvalue weighted by molar-refractivity contribution is 7.89. The Labute approximate surface area is 159 Å². The van der Waals surface area contributed by atoms with Crippen molar-refractivity contribution in [2.24, 2.45) is 0 Å². The number of piperazine rings is 1. The van der Waals surface area contributed by atoms with Gasteiger partial charge in [-0.1, -0.05) is 29.8 Å². The highest BCUT2D eigenvalue weighted by atomic mass is 32.2. The highest BCUT2D eigenvalue weighted by Crippen LogP contribution is 2.20. The van der Waals surface area contributed by atoms with Gasteiger partial charge in [0.15, 0.2) is 5.78 Å². The normalized spacial score (nSPS) is 15.6. The van der Waals surface area contributed by atoms with Crippen LogP contribution in [0.1, 0.15) is 33.2 Å². The van der Waals surface area contributed by atoms with E-state index in [1.54, 1.807) is 23.1 Å².